The first kappa shape index (κ1) is 13.3. The van der Waals surface area contributed by atoms with Gasteiger partial charge in [-0.15, -0.1) is 0 Å². The Morgan fingerprint density at radius 1 is 1.32 bits per heavy atom. The number of carbonyl (C=O) groups excluding carboxylic acids is 1. The minimum atomic E-state index is -1.17. The highest BCUT2D eigenvalue weighted by Gasteiger charge is 2.33. The first-order valence-corrected chi connectivity index (χ1v) is 6.17. The van der Waals surface area contributed by atoms with E-state index in [4.69, 9.17) is 11.5 Å². The molecule has 2 rings (SSSR count). The number of aryl methyl sites for hydroxylation is 2. The van der Waals surface area contributed by atoms with Gasteiger partial charge in [0.1, 0.15) is 5.54 Å². The molecule has 5 nitrogen and oxygen atoms in total. The van der Waals surface area contributed by atoms with Gasteiger partial charge in [0.05, 0.1) is 5.69 Å². The highest BCUT2D eigenvalue weighted by atomic mass is 16.1. The van der Waals surface area contributed by atoms with Crippen LogP contribution in [0.2, 0.25) is 0 Å². The molecule has 1 unspecified atom stereocenters. The van der Waals surface area contributed by atoms with Crippen molar-refractivity contribution in [2.75, 3.05) is 0 Å². The molecule has 0 radical (unpaired) electrons. The summed E-state index contributed by atoms with van der Waals surface area (Å²) in [6.07, 6.45) is 2.27. The standard InChI is InChI=1S/C14H18N4O/c1-11-7-9-18(17-11)10-8-14(16,13(15)19)12-5-3-2-4-6-12/h2-7,9H,8,10,16H2,1H3,(H2,15,19). The molecule has 2 aromatic rings. The molecule has 0 saturated carbocycles. The fourth-order valence-electron chi connectivity index (χ4n) is 2.02. The molecule has 0 spiro atoms. The summed E-state index contributed by atoms with van der Waals surface area (Å²) in [6, 6.07) is 11.1. The minimum Gasteiger partial charge on any atom is -0.368 e. The van der Waals surface area contributed by atoms with Gasteiger partial charge in [0.15, 0.2) is 0 Å². The number of benzene rings is 1. The number of nitrogens with zero attached hydrogens (tertiary/aromatic N) is 2. The summed E-state index contributed by atoms with van der Waals surface area (Å²) in [5.74, 6) is -0.525. The predicted molar refractivity (Wildman–Crippen MR) is 73.1 cm³/mol. The van der Waals surface area contributed by atoms with Crippen molar-refractivity contribution in [2.24, 2.45) is 11.5 Å². The molecular weight excluding hydrogens is 240 g/mol. The Morgan fingerprint density at radius 3 is 2.53 bits per heavy atom. The van der Waals surface area contributed by atoms with E-state index in [1.165, 1.54) is 0 Å². The average molecular weight is 258 g/mol. The zero-order valence-electron chi connectivity index (χ0n) is 10.9. The number of aromatic nitrogens is 2. The normalized spacial score (nSPS) is 14.0. The number of rotatable bonds is 5. The summed E-state index contributed by atoms with van der Waals surface area (Å²) in [5, 5.41) is 4.28. The van der Waals surface area contributed by atoms with Crippen LogP contribution in [-0.4, -0.2) is 15.7 Å². The first-order chi connectivity index (χ1) is 9.02. The van der Waals surface area contributed by atoms with Gasteiger partial charge in [0.25, 0.3) is 0 Å². The SMILES string of the molecule is Cc1ccn(CCC(N)(C(N)=O)c2ccccc2)n1. The van der Waals surface area contributed by atoms with E-state index in [2.05, 4.69) is 5.10 Å². The highest BCUT2D eigenvalue weighted by Crippen LogP contribution is 2.22. The van der Waals surface area contributed by atoms with E-state index < -0.39 is 11.4 Å². The summed E-state index contributed by atoms with van der Waals surface area (Å²) in [6.45, 7) is 2.46. The second-order valence-corrected chi connectivity index (χ2v) is 4.67. The highest BCUT2D eigenvalue weighted by molar-refractivity contribution is 5.85. The van der Waals surface area contributed by atoms with Crippen molar-refractivity contribution in [3.8, 4) is 0 Å². The summed E-state index contributed by atoms with van der Waals surface area (Å²) in [7, 11) is 0. The topological polar surface area (TPSA) is 86.9 Å². The van der Waals surface area contributed by atoms with Crippen molar-refractivity contribution in [3.05, 3.63) is 53.9 Å². The molecule has 4 N–H and O–H groups in total. The lowest BCUT2D eigenvalue weighted by Gasteiger charge is -2.26. The molecule has 19 heavy (non-hydrogen) atoms. The van der Waals surface area contributed by atoms with Crippen LogP contribution in [0.5, 0.6) is 0 Å². The van der Waals surface area contributed by atoms with Crippen molar-refractivity contribution in [2.45, 2.75) is 25.4 Å². The van der Waals surface area contributed by atoms with Crippen molar-refractivity contribution in [1.82, 2.24) is 9.78 Å². The molecule has 0 aliphatic heterocycles. The van der Waals surface area contributed by atoms with E-state index in [0.717, 1.165) is 11.3 Å². The third-order valence-electron chi connectivity index (χ3n) is 3.24. The molecule has 0 fully saturated rings. The zero-order valence-corrected chi connectivity index (χ0v) is 10.9. The van der Waals surface area contributed by atoms with Crippen LogP contribution in [0, 0.1) is 6.92 Å². The smallest absolute Gasteiger partial charge is 0.242 e. The van der Waals surface area contributed by atoms with E-state index >= 15 is 0 Å². The molecule has 1 amide bonds. The Bertz CT molecular complexity index is 564. The number of carbonyl (C=O) groups is 1. The minimum absolute atomic E-state index is 0.410. The lowest BCUT2D eigenvalue weighted by atomic mass is 9.87. The maximum atomic E-state index is 11.7. The Hall–Kier alpha value is -2.14. The lowest BCUT2D eigenvalue weighted by molar-refractivity contribution is -0.123. The molecule has 0 saturated heterocycles. The Kier molecular flexibility index (Phi) is 3.66. The summed E-state index contributed by atoms with van der Waals surface area (Å²) in [5.41, 5.74) is 12.2. The van der Waals surface area contributed by atoms with Crippen LogP contribution in [0.1, 0.15) is 17.7 Å². The Balaban J connectivity index is 2.19. The second kappa shape index (κ2) is 5.24. The number of hydrogen-bond acceptors (Lipinski definition) is 3. The van der Waals surface area contributed by atoms with Gasteiger partial charge < -0.3 is 11.5 Å². The molecule has 1 aromatic carbocycles. The maximum absolute atomic E-state index is 11.7. The van der Waals surface area contributed by atoms with Crippen LogP contribution in [0.15, 0.2) is 42.6 Å². The van der Waals surface area contributed by atoms with Crippen molar-refractivity contribution >= 4 is 5.91 Å². The van der Waals surface area contributed by atoms with Crippen LogP contribution >= 0.6 is 0 Å². The molecule has 100 valence electrons. The predicted octanol–water partition coefficient (Wildman–Crippen LogP) is 0.921. The van der Waals surface area contributed by atoms with Crippen molar-refractivity contribution in [3.63, 3.8) is 0 Å². The molecule has 5 heteroatoms. The quantitative estimate of drug-likeness (QED) is 0.836. The van der Waals surface area contributed by atoms with Crippen molar-refractivity contribution in [1.29, 1.82) is 0 Å². The van der Waals surface area contributed by atoms with E-state index in [1.54, 1.807) is 4.68 Å². The molecular formula is C14H18N4O. The van der Waals surface area contributed by atoms with E-state index in [0.29, 0.717) is 13.0 Å². The largest absolute Gasteiger partial charge is 0.368 e. The van der Waals surface area contributed by atoms with Gasteiger partial charge >= 0.3 is 0 Å². The third kappa shape index (κ3) is 2.82. The molecule has 0 aliphatic rings. The van der Waals surface area contributed by atoms with Crippen LogP contribution in [0.25, 0.3) is 0 Å². The van der Waals surface area contributed by atoms with Gasteiger partial charge in [-0.25, -0.2) is 0 Å². The Labute approximate surface area is 112 Å². The van der Waals surface area contributed by atoms with Gasteiger partial charge in [0, 0.05) is 12.7 Å². The van der Waals surface area contributed by atoms with Crippen LogP contribution in [0.3, 0.4) is 0 Å². The number of nitrogens with two attached hydrogens (primary N) is 2. The van der Waals surface area contributed by atoms with Crippen LogP contribution < -0.4 is 11.5 Å². The summed E-state index contributed by atoms with van der Waals surface area (Å²) in [4.78, 5) is 11.7. The molecule has 1 atom stereocenters. The second-order valence-electron chi connectivity index (χ2n) is 4.67. The average Bonchev–Trinajstić information content (AvgIpc) is 2.82. The summed E-state index contributed by atoms with van der Waals surface area (Å²) >= 11 is 0. The monoisotopic (exact) mass is 258 g/mol. The fourth-order valence-corrected chi connectivity index (χ4v) is 2.02. The molecule has 0 aliphatic carbocycles. The molecule has 0 bridgehead atoms. The fraction of sp³-hybridized carbons (Fsp3) is 0.286. The number of amides is 1. The first-order valence-electron chi connectivity index (χ1n) is 6.17. The zero-order chi connectivity index (χ0) is 13.9. The van der Waals surface area contributed by atoms with Gasteiger partial charge in [-0.2, -0.15) is 5.10 Å². The number of primary amides is 1. The maximum Gasteiger partial charge on any atom is 0.242 e. The summed E-state index contributed by atoms with van der Waals surface area (Å²) < 4.78 is 1.77. The lowest BCUT2D eigenvalue weighted by Crippen LogP contribution is -2.49. The van der Waals surface area contributed by atoms with E-state index in [9.17, 15) is 4.79 Å². The van der Waals surface area contributed by atoms with E-state index in [-0.39, 0.29) is 0 Å². The molecule has 1 aromatic heterocycles. The van der Waals surface area contributed by atoms with E-state index in [1.807, 2.05) is 49.5 Å². The van der Waals surface area contributed by atoms with Gasteiger partial charge in [-0.1, -0.05) is 30.3 Å². The Morgan fingerprint density at radius 2 is 2.00 bits per heavy atom. The van der Waals surface area contributed by atoms with Crippen molar-refractivity contribution < 1.29 is 4.79 Å². The van der Waals surface area contributed by atoms with Crippen LogP contribution in [-0.2, 0) is 16.9 Å². The third-order valence-corrected chi connectivity index (χ3v) is 3.24. The number of hydrogen-bond donors (Lipinski definition) is 2. The van der Waals surface area contributed by atoms with Crippen LogP contribution in [0.4, 0.5) is 0 Å². The molecule has 1 heterocycles. The van der Waals surface area contributed by atoms with Gasteiger partial charge in [-0.3, -0.25) is 9.48 Å². The van der Waals surface area contributed by atoms with Gasteiger partial charge in [-0.05, 0) is 25.0 Å². The van der Waals surface area contributed by atoms with Gasteiger partial charge in [0.2, 0.25) is 5.91 Å².